The van der Waals surface area contributed by atoms with Gasteiger partial charge in [0.25, 0.3) is 0 Å². The second-order valence-electron chi connectivity index (χ2n) is 10.7. The summed E-state index contributed by atoms with van der Waals surface area (Å²) in [6, 6.07) is 20.1. The van der Waals surface area contributed by atoms with E-state index in [0.29, 0.717) is 6.61 Å². The summed E-state index contributed by atoms with van der Waals surface area (Å²) >= 11 is 0. The molecule has 0 aliphatic carbocycles. The molecule has 0 atom stereocenters. The molecule has 0 bridgehead atoms. The summed E-state index contributed by atoms with van der Waals surface area (Å²) in [5.74, 6) is 0. The Morgan fingerprint density at radius 1 is 0.917 bits per heavy atom. The minimum Gasteiger partial charge on any atom is -0.445 e. The molecule has 0 aromatic heterocycles. The first-order valence-corrected chi connectivity index (χ1v) is 15.3. The fourth-order valence-electron chi connectivity index (χ4n) is 5.69. The number of hydrogen-bond donors (Lipinski definition) is 1. The first-order valence-electron chi connectivity index (χ1n) is 12.3. The van der Waals surface area contributed by atoms with Crippen LogP contribution in [0.15, 0.2) is 54.6 Å². The molecule has 0 radical (unpaired) electrons. The second-order valence-corrected chi connectivity index (χ2v) is 15.0. The molecule has 1 N–H and O–H groups in total. The van der Waals surface area contributed by atoms with E-state index >= 15 is 0 Å². The van der Waals surface area contributed by atoms with Crippen LogP contribution in [0.4, 0.5) is 16.2 Å². The van der Waals surface area contributed by atoms with Crippen molar-refractivity contribution in [3.05, 3.63) is 82.4 Å². The minimum atomic E-state index is -2.04. The van der Waals surface area contributed by atoms with E-state index < -0.39 is 19.8 Å². The zero-order chi connectivity index (χ0) is 25.8. The normalized spacial score (nSPS) is 16.1. The van der Waals surface area contributed by atoms with Gasteiger partial charge in [-0.2, -0.15) is 0 Å². The summed E-state index contributed by atoms with van der Waals surface area (Å²) in [7, 11) is 7.90. The molecule has 188 valence electrons. The highest BCUT2D eigenvalue weighted by molar-refractivity contribution is 7.01. The third-order valence-electron chi connectivity index (χ3n) is 7.71. The quantitative estimate of drug-likeness (QED) is 0.554. The zero-order valence-electron chi connectivity index (χ0n) is 22.2. The maximum atomic E-state index is 11.6. The summed E-state index contributed by atoms with van der Waals surface area (Å²) < 4.78 is 12.2. The van der Waals surface area contributed by atoms with E-state index in [0.717, 1.165) is 11.1 Å². The Morgan fingerprint density at radius 3 is 2.00 bits per heavy atom. The molecule has 7 heteroatoms. The van der Waals surface area contributed by atoms with Crippen LogP contribution in [0.3, 0.4) is 0 Å². The van der Waals surface area contributed by atoms with Crippen LogP contribution in [-0.2, 0) is 28.3 Å². The fourth-order valence-corrected chi connectivity index (χ4v) is 8.86. The van der Waals surface area contributed by atoms with Crippen molar-refractivity contribution in [2.24, 2.45) is 0 Å². The topological polar surface area (TPSA) is 54.0 Å². The van der Waals surface area contributed by atoms with Crippen molar-refractivity contribution in [3.8, 4) is 0 Å². The van der Waals surface area contributed by atoms with Gasteiger partial charge in [-0.25, -0.2) is 4.79 Å². The van der Waals surface area contributed by atoms with Crippen molar-refractivity contribution < 1.29 is 14.3 Å². The zero-order valence-corrected chi connectivity index (χ0v) is 23.2. The maximum Gasteiger partial charge on any atom is 0.407 e. The van der Waals surface area contributed by atoms with Gasteiger partial charge in [-0.05, 0) is 68.5 Å². The van der Waals surface area contributed by atoms with E-state index in [4.69, 9.17) is 9.47 Å². The number of nitrogens with one attached hydrogen (secondary N) is 1. The van der Waals surface area contributed by atoms with Crippen LogP contribution in [0.1, 0.15) is 27.8 Å². The number of amides is 1. The lowest BCUT2D eigenvalue weighted by Crippen LogP contribution is -2.63. The molecule has 0 saturated carbocycles. The molecular formula is C29H35N3O3Si. The smallest absolute Gasteiger partial charge is 0.407 e. The van der Waals surface area contributed by atoms with Crippen LogP contribution in [0.5, 0.6) is 0 Å². The molecule has 6 nitrogen and oxygen atoms in total. The van der Waals surface area contributed by atoms with Gasteiger partial charge in [0.2, 0.25) is 0 Å². The SMILES string of the molecule is CNC(=O)OCc1ccc2c(c1)COC21c2ccc(N(C)C)cc2[Si](C)(C)c2cc(N(C)C)ccc21. The number of anilines is 2. The molecule has 1 spiro atoms. The number of rotatable bonds is 4. The summed E-state index contributed by atoms with van der Waals surface area (Å²) in [5.41, 5.74) is 7.53. The predicted octanol–water partition coefficient (Wildman–Crippen LogP) is 3.63. The second kappa shape index (κ2) is 8.67. The number of carbonyl (C=O) groups is 1. The third-order valence-corrected chi connectivity index (χ3v) is 11.2. The third kappa shape index (κ3) is 3.60. The lowest BCUT2D eigenvalue weighted by atomic mass is 9.79. The molecule has 0 saturated heterocycles. The summed E-state index contributed by atoms with van der Waals surface area (Å²) in [4.78, 5) is 15.9. The number of fused-ring (bicyclic) bond motifs is 6. The summed E-state index contributed by atoms with van der Waals surface area (Å²) in [5, 5.41) is 5.33. The molecule has 3 aromatic rings. The number of nitrogens with zero attached hydrogens (tertiary/aromatic N) is 2. The van der Waals surface area contributed by atoms with Gasteiger partial charge in [-0.15, -0.1) is 0 Å². The summed E-state index contributed by atoms with van der Waals surface area (Å²) in [6.45, 7) is 5.64. The van der Waals surface area contributed by atoms with Gasteiger partial charge in [0.05, 0.1) is 6.61 Å². The van der Waals surface area contributed by atoms with Crippen molar-refractivity contribution in [3.63, 3.8) is 0 Å². The van der Waals surface area contributed by atoms with Gasteiger partial charge in [0.15, 0.2) is 0 Å². The Kier molecular flexibility index (Phi) is 5.88. The van der Waals surface area contributed by atoms with Crippen LogP contribution >= 0.6 is 0 Å². The summed E-state index contributed by atoms with van der Waals surface area (Å²) in [6.07, 6.45) is -0.432. The lowest BCUT2D eigenvalue weighted by molar-refractivity contribution is 0.0276. The molecule has 36 heavy (non-hydrogen) atoms. The Hall–Kier alpha value is -3.29. The number of hydrogen-bond acceptors (Lipinski definition) is 5. The van der Waals surface area contributed by atoms with Crippen LogP contribution < -0.4 is 25.5 Å². The highest BCUT2D eigenvalue weighted by Crippen LogP contribution is 2.49. The monoisotopic (exact) mass is 501 g/mol. The Balaban J connectivity index is 1.73. The average Bonchev–Trinajstić information content (AvgIpc) is 3.25. The van der Waals surface area contributed by atoms with Gasteiger partial charge >= 0.3 is 6.09 Å². The van der Waals surface area contributed by atoms with Crippen LogP contribution in [0, 0.1) is 0 Å². The molecule has 2 aliphatic heterocycles. The van der Waals surface area contributed by atoms with Crippen LogP contribution in [0.25, 0.3) is 0 Å². The largest absolute Gasteiger partial charge is 0.445 e. The number of alkyl carbamates (subject to hydrolysis) is 1. The van der Waals surface area contributed by atoms with Crippen LogP contribution in [0.2, 0.25) is 13.1 Å². The molecule has 2 aliphatic rings. The Bertz CT molecular complexity index is 1290. The van der Waals surface area contributed by atoms with E-state index in [1.54, 1.807) is 7.05 Å². The number of carbonyl (C=O) groups excluding carboxylic acids is 1. The first kappa shape index (κ1) is 24.4. The standard InChI is InChI=1S/C29H35N3O3Si/c1-30-28(33)34-17-19-8-11-23-20(14-19)18-35-29(23)24-12-9-21(31(2)3)15-26(24)36(6,7)27-16-22(32(4)5)10-13-25(27)29/h8-16H,17-18H2,1-7H3,(H,30,33). The van der Waals surface area contributed by atoms with Crippen molar-refractivity contribution >= 4 is 35.9 Å². The van der Waals surface area contributed by atoms with E-state index in [1.807, 2.05) is 0 Å². The minimum absolute atomic E-state index is 0.228. The molecule has 2 heterocycles. The Labute approximate surface area is 214 Å². The number of ether oxygens (including phenoxy) is 2. The number of benzene rings is 3. The van der Waals surface area contributed by atoms with Gasteiger partial charge in [0.1, 0.15) is 20.3 Å². The highest BCUT2D eigenvalue weighted by atomic mass is 28.3. The van der Waals surface area contributed by atoms with Gasteiger partial charge in [-0.1, -0.05) is 37.4 Å². The van der Waals surface area contributed by atoms with Crippen molar-refractivity contribution in [2.45, 2.75) is 31.9 Å². The van der Waals surface area contributed by atoms with Crippen molar-refractivity contribution in [2.75, 3.05) is 45.0 Å². The molecule has 3 aromatic carbocycles. The predicted molar refractivity (Wildman–Crippen MR) is 149 cm³/mol. The molecule has 0 unspecified atom stereocenters. The molecule has 1 amide bonds. The van der Waals surface area contributed by atoms with Gasteiger partial charge in [-0.3, -0.25) is 0 Å². The Morgan fingerprint density at radius 2 is 1.47 bits per heavy atom. The van der Waals surface area contributed by atoms with Gasteiger partial charge in [0, 0.05) is 46.6 Å². The first-order chi connectivity index (χ1) is 17.1. The van der Waals surface area contributed by atoms with E-state index in [2.05, 4.69) is 111 Å². The average molecular weight is 502 g/mol. The maximum absolute atomic E-state index is 11.6. The molecule has 0 fully saturated rings. The van der Waals surface area contributed by atoms with E-state index in [-0.39, 0.29) is 6.61 Å². The van der Waals surface area contributed by atoms with Gasteiger partial charge < -0.3 is 24.6 Å². The fraction of sp³-hybridized carbons (Fsp3) is 0.345. The van der Waals surface area contributed by atoms with E-state index in [1.165, 1.54) is 38.4 Å². The molecule has 5 rings (SSSR count). The van der Waals surface area contributed by atoms with Crippen molar-refractivity contribution in [1.82, 2.24) is 5.32 Å². The van der Waals surface area contributed by atoms with E-state index in [9.17, 15) is 4.79 Å². The van der Waals surface area contributed by atoms with Crippen molar-refractivity contribution in [1.29, 1.82) is 0 Å². The highest BCUT2D eigenvalue weighted by Gasteiger charge is 2.53. The lowest BCUT2D eigenvalue weighted by Gasteiger charge is -2.45. The van der Waals surface area contributed by atoms with Crippen LogP contribution in [-0.4, -0.2) is 49.4 Å². The molecular weight excluding hydrogens is 466 g/mol.